The zero-order valence-electron chi connectivity index (χ0n) is 10.2. The van der Waals surface area contributed by atoms with Crippen LogP contribution in [0.5, 0.6) is 0 Å². The Morgan fingerprint density at radius 3 is 2.47 bits per heavy atom. The maximum absolute atomic E-state index is 9.23. The van der Waals surface area contributed by atoms with Crippen LogP contribution in [0, 0.1) is 6.92 Å². The van der Waals surface area contributed by atoms with E-state index in [1.807, 2.05) is 16.7 Å². The van der Waals surface area contributed by atoms with E-state index in [2.05, 4.69) is 36.2 Å². The number of nitrogens with zero attached hydrogens (tertiary/aromatic N) is 3. The Morgan fingerprint density at radius 1 is 1.18 bits per heavy atom. The molecule has 17 heavy (non-hydrogen) atoms. The summed E-state index contributed by atoms with van der Waals surface area (Å²) < 4.78 is 1.98. The van der Waals surface area contributed by atoms with Gasteiger partial charge in [-0.3, -0.25) is 0 Å². The molecule has 0 amide bonds. The normalized spacial score (nSPS) is 10.8. The van der Waals surface area contributed by atoms with E-state index in [1.54, 1.807) is 0 Å². The molecule has 1 aromatic carbocycles. The molecule has 0 fully saturated rings. The Kier molecular flexibility index (Phi) is 3.54. The van der Waals surface area contributed by atoms with Gasteiger partial charge in [0.2, 0.25) is 0 Å². The average molecular weight is 231 g/mol. The molecule has 90 valence electrons. The Balaban J connectivity index is 2.43. The molecule has 1 heterocycles. The first kappa shape index (κ1) is 11.8. The standard InChI is InChI=1S/C13H17N3O/c1-3-8-16-12(9-17)14-15-13(16)11-6-4-10(2)5-7-11/h4-7,17H,3,8-9H2,1-2H3. The highest BCUT2D eigenvalue weighted by molar-refractivity contribution is 5.55. The van der Waals surface area contributed by atoms with E-state index in [0.717, 1.165) is 24.4 Å². The molecular formula is C13H17N3O. The molecule has 2 aromatic rings. The van der Waals surface area contributed by atoms with Crippen LogP contribution >= 0.6 is 0 Å². The van der Waals surface area contributed by atoms with Gasteiger partial charge in [-0.05, 0) is 13.3 Å². The quantitative estimate of drug-likeness (QED) is 0.877. The summed E-state index contributed by atoms with van der Waals surface area (Å²) in [7, 11) is 0. The van der Waals surface area contributed by atoms with Crippen molar-refractivity contribution in [2.24, 2.45) is 0 Å². The van der Waals surface area contributed by atoms with Crippen LogP contribution in [0.4, 0.5) is 0 Å². The lowest BCUT2D eigenvalue weighted by atomic mass is 10.1. The highest BCUT2D eigenvalue weighted by Gasteiger charge is 2.11. The van der Waals surface area contributed by atoms with Crippen LogP contribution in [0.15, 0.2) is 24.3 Å². The number of hydrogen-bond acceptors (Lipinski definition) is 3. The second-order valence-electron chi connectivity index (χ2n) is 4.12. The van der Waals surface area contributed by atoms with Gasteiger partial charge in [0.15, 0.2) is 11.6 Å². The summed E-state index contributed by atoms with van der Waals surface area (Å²) in [5, 5.41) is 17.4. The third-order valence-electron chi connectivity index (χ3n) is 2.73. The van der Waals surface area contributed by atoms with Crippen LogP contribution < -0.4 is 0 Å². The molecule has 0 radical (unpaired) electrons. The molecule has 0 aliphatic rings. The highest BCUT2D eigenvalue weighted by atomic mass is 16.3. The first-order chi connectivity index (χ1) is 8.26. The van der Waals surface area contributed by atoms with Gasteiger partial charge in [0.05, 0.1) is 0 Å². The molecular weight excluding hydrogens is 214 g/mol. The van der Waals surface area contributed by atoms with E-state index in [4.69, 9.17) is 0 Å². The van der Waals surface area contributed by atoms with Crippen molar-refractivity contribution in [1.82, 2.24) is 14.8 Å². The molecule has 4 nitrogen and oxygen atoms in total. The minimum absolute atomic E-state index is 0.0706. The molecule has 4 heteroatoms. The zero-order valence-corrected chi connectivity index (χ0v) is 10.2. The zero-order chi connectivity index (χ0) is 12.3. The summed E-state index contributed by atoms with van der Waals surface area (Å²) in [6.07, 6.45) is 0.990. The molecule has 1 N–H and O–H groups in total. The SMILES string of the molecule is CCCn1c(CO)nnc1-c1ccc(C)cc1. The maximum Gasteiger partial charge on any atom is 0.164 e. The predicted octanol–water partition coefficient (Wildman–Crippen LogP) is 2.16. The average Bonchev–Trinajstić information content (AvgIpc) is 2.74. The Hall–Kier alpha value is -1.68. The van der Waals surface area contributed by atoms with Gasteiger partial charge in [0.1, 0.15) is 6.61 Å². The van der Waals surface area contributed by atoms with Gasteiger partial charge in [0.25, 0.3) is 0 Å². The Morgan fingerprint density at radius 2 is 1.88 bits per heavy atom. The Bertz CT molecular complexity index is 488. The van der Waals surface area contributed by atoms with Gasteiger partial charge < -0.3 is 9.67 Å². The van der Waals surface area contributed by atoms with Gasteiger partial charge in [0, 0.05) is 12.1 Å². The third-order valence-corrected chi connectivity index (χ3v) is 2.73. The fourth-order valence-corrected chi connectivity index (χ4v) is 1.83. The molecule has 2 rings (SSSR count). The van der Waals surface area contributed by atoms with E-state index in [9.17, 15) is 5.11 Å². The lowest BCUT2D eigenvalue weighted by Crippen LogP contribution is -2.05. The molecule has 0 aliphatic heterocycles. The van der Waals surface area contributed by atoms with Crippen LogP contribution in [-0.2, 0) is 13.2 Å². The van der Waals surface area contributed by atoms with Gasteiger partial charge in [-0.25, -0.2) is 0 Å². The summed E-state index contributed by atoms with van der Waals surface area (Å²) in [4.78, 5) is 0. The number of hydrogen-bond donors (Lipinski definition) is 1. The number of aromatic nitrogens is 3. The molecule has 0 spiro atoms. The van der Waals surface area contributed by atoms with Crippen molar-refractivity contribution in [2.75, 3.05) is 0 Å². The van der Waals surface area contributed by atoms with Crippen molar-refractivity contribution < 1.29 is 5.11 Å². The lowest BCUT2D eigenvalue weighted by molar-refractivity contribution is 0.264. The van der Waals surface area contributed by atoms with E-state index >= 15 is 0 Å². The number of aliphatic hydroxyl groups excluding tert-OH is 1. The molecule has 0 atom stereocenters. The van der Waals surface area contributed by atoms with E-state index in [1.165, 1.54) is 5.56 Å². The third kappa shape index (κ3) is 2.36. The van der Waals surface area contributed by atoms with Crippen LogP contribution in [0.25, 0.3) is 11.4 Å². The topological polar surface area (TPSA) is 50.9 Å². The van der Waals surface area contributed by atoms with Crippen molar-refractivity contribution in [2.45, 2.75) is 33.4 Å². The molecule has 0 saturated carbocycles. The van der Waals surface area contributed by atoms with Crippen LogP contribution in [-0.4, -0.2) is 19.9 Å². The van der Waals surface area contributed by atoms with Gasteiger partial charge in [-0.2, -0.15) is 0 Å². The number of aryl methyl sites for hydroxylation is 1. The van der Waals surface area contributed by atoms with Crippen molar-refractivity contribution in [1.29, 1.82) is 0 Å². The van der Waals surface area contributed by atoms with E-state index < -0.39 is 0 Å². The van der Waals surface area contributed by atoms with Gasteiger partial charge in [-0.1, -0.05) is 36.8 Å². The maximum atomic E-state index is 9.23. The lowest BCUT2D eigenvalue weighted by Gasteiger charge is -2.07. The van der Waals surface area contributed by atoms with Crippen LogP contribution in [0.3, 0.4) is 0 Å². The van der Waals surface area contributed by atoms with Crippen molar-refractivity contribution in [3.8, 4) is 11.4 Å². The number of rotatable bonds is 4. The van der Waals surface area contributed by atoms with Crippen molar-refractivity contribution >= 4 is 0 Å². The summed E-state index contributed by atoms with van der Waals surface area (Å²) >= 11 is 0. The fourth-order valence-electron chi connectivity index (χ4n) is 1.83. The van der Waals surface area contributed by atoms with Crippen molar-refractivity contribution in [3.05, 3.63) is 35.7 Å². The molecule has 0 aliphatic carbocycles. The summed E-state index contributed by atoms with van der Waals surface area (Å²) in [6, 6.07) is 8.18. The monoisotopic (exact) mass is 231 g/mol. The van der Waals surface area contributed by atoms with Crippen LogP contribution in [0.2, 0.25) is 0 Å². The minimum atomic E-state index is -0.0706. The summed E-state index contributed by atoms with van der Waals surface area (Å²) in [5.74, 6) is 1.46. The Labute approximate surface area is 101 Å². The smallest absolute Gasteiger partial charge is 0.164 e. The predicted molar refractivity (Wildman–Crippen MR) is 66.4 cm³/mol. The first-order valence-electron chi connectivity index (χ1n) is 5.86. The van der Waals surface area contributed by atoms with Crippen LogP contribution in [0.1, 0.15) is 24.7 Å². The summed E-state index contributed by atoms with van der Waals surface area (Å²) in [6.45, 7) is 4.91. The molecule has 0 saturated heterocycles. The van der Waals surface area contributed by atoms with Gasteiger partial charge in [-0.15, -0.1) is 10.2 Å². The number of aliphatic hydroxyl groups is 1. The number of benzene rings is 1. The van der Waals surface area contributed by atoms with E-state index in [0.29, 0.717) is 5.82 Å². The second kappa shape index (κ2) is 5.10. The minimum Gasteiger partial charge on any atom is -0.388 e. The molecule has 0 bridgehead atoms. The largest absolute Gasteiger partial charge is 0.388 e. The fraction of sp³-hybridized carbons (Fsp3) is 0.385. The first-order valence-corrected chi connectivity index (χ1v) is 5.86. The highest BCUT2D eigenvalue weighted by Crippen LogP contribution is 2.19. The molecule has 0 unspecified atom stereocenters. The van der Waals surface area contributed by atoms with E-state index in [-0.39, 0.29) is 6.61 Å². The van der Waals surface area contributed by atoms with Crippen molar-refractivity contribution in [3.63, 3.8) is 0 Å². The molecule has 1 aromatic heterocycles. The second-order valence-corrected chi connectivity index (χ2v) is 4.12. The van der Waals surface area contributed by atoms with Gasteiger partial charge >= 0.3 is 0 Å². The summed E-state index contributed by atoms with van der Waals surface area (Å²) in [5.41, 5.74) is 2.26.